The van der Waals surface area contributed by atoms with Crippen molar-refractivity contribution in [1.29, 1.82) is 0 Å². The van der Waals surface area contributed by atoms with E-state index in [1.165, 1.54) is 11.8 Å². The summed E-state index contributed by atoms with van der Waals surface area (Å²) in [6.45, 7) is 3.94. The first-order valence-corrected chi connectivity index (χ1v) is 9.39. The average molecular weight is 409 g/mol. The van der Waals surface area contributed by atoms with E-state index >= 15 is 0 Å². The summed E-state index contributed by atoms with van der Waals surface area (Å²) in [6.07, 6.45) is 0. The van der Waals surface area contributed by atoms with Gasteiger partial charge in [-0.1, -0.05) is 29.5 Å². The number of anilines is 2. The van der Waals surface area contributed by atoms with E-state index in [0.717, 1.165) is 0 Å². The van der Waals surface area contributed by atoms with Crippen LogP contribution in [0.5, 0.6) is 11.5 Å². The molecule has 0 radical (unpaired) electrons. The molecule has 2 N–H and O–H groups in total. The van der Waals surface area contributed by atoms with E-state index < -0.39 is 5.91 Å². The van der Waals surface area contributed by atoms with Gasteiger partial charge in [-0.2, -0.15) is 0 Å². The second-order valence-electron chi connectivity index (χ2n) is 6.31. The summed E-state index contributed by atoms with van der Waals surface area (Å²) in [5, 5.41) is 13.4. The zero-order valence-electron chi connectivity index (χ0n) is 17.0. The first-order chi connectivity index (χ1) is 14.5. The Morgan fingerprint density at radius 1 is 1.00 bits per heavy atom. The number of carbonyl (C=O) groups excluding carboxylic acids is 2. The molecule has 1 aromatic heterocycles. The van der Waals surface area contributed by atoms with Crippen molar-refractivity contribution in [3.05, 3.63) is 59.9 Å². The highest BCUT2D eigenvalue weighted by molar-refractivity contribution is 6.04. The largest absolute Gasteiger partial charge is 0.495 e. The summed E-state index contributed by atoms with van der Waals surface area (Å²) in [5.41, 5.74) is 1.68. The highest BCUT2D eigenvalue weighted by Crippen LogP contribution is 2.25. The Labute approximate surface area is 174 Å². The second kappa shape index (κ2) is 9.55. The van der Waals surface area contributed by atoms with Gasteiger partial charge in [0.25, 0.3) is 5.91 Å². The molecule has 2 aromatic carbocycles. The molecule has 0 saturated carbocycles. The number of nitrogens with one attached hydrogen (secondary N) is 2. The molecule has 3 aromatic rings. The summed E-state index contributed by atoms with van der Waals surface area (Å²) in [4.78, 5) is 25.1. The molecule has 0 unspecified atom stereocenters. The number of carbonyl (C=O) groups is 2. The molecular formula is C21H23N5O4. The molecular weight excluding hydrogens is 386 g/mol. The zero-order chi connectivity index (χ0) is 21.5. The summed E-state index contributed by atoms with van der Waals surface area (Å²) in [6, 6.07) is 14.2. The van der Waals surface area contributed by atoms with Gasteiger partial charge >= 0.3 is 0 Å². The van der Waals surface area contributed by atoms with Crippen LogP contribution in [0.2, 0.25) is 0 Å². The van der Waals surface area contributed by atoms with Gasteiger partial charge in [-0.05, 0) is 38.1 Å². The lowest BCUT2D eigenvalue weighted by Gasteiger charge is -2.11. The fourth-order valence-corrected chi connectivity index (χ4v) is 2.83. The van der Waals surface area contributed by atoms with Crippen LogP contribution in [0.4, 0.5) is 11.4 Å². The molecule has 156 valence electrons. The SMILES string of the molecule is CCOc1ccccc1NC(=O)Cn1nnc(C(=O)Nc2ccccc2OC)c1C. The molecule has 0 bridgehead atoms. The van der Waals surface area contributed by atoms with E-state index in [-0.39, 0.29) is 18.1 Å². The van der Waals surface area contributed by atoms with E-state index in [0.29, 0.717) is 35.2 Å². The fraction of sp³-hybridized carbons (Fsp3) is 0.238. The van der Waals surface area contributed by atoms with E-state index in [1.54, 1.807) is 49.4 Å². The highest BCUT2D eigenvalue weighted by atomic mass is 16.5. The number of nitrogens with zero attached hydrogens (tertiary/aromatic N) is 3. The van der Waals surface area contributed by atoms with Gasteiger partial charge in [0.15, 0.2) is 5.69 Å². The lowest BCUT2D eigenvalue weighted by atomic mass is 10.2. The number of benzene rings is 2. The van der Waals surface area contributed by atoms with Crippen molar-refractivity contribution < 1.29 is 19.1 Å². The molecule has 9 heteroatoms. The van der Waals surface area contributed by atoms with Crippen LogP contribution >= 0.6 is 0 Å². The third-order valence-electron chi connectivity index (χ3n) is 4.31. The van der Waals surface area contributed by atoms with Crippen molar-refractivity contribution >= 4 is 23.2 Å². The molecule has 0 aliphatic heterocycles. The molecule has 0 saturated heterocycles. The molecule has 2 amide bonds. The van der Waals surface area contributed by atoms with E-state index in [4.69, 9.17) is 9.47 Å². The van der Waals surface area contributed by atoms with Gasteiger partial charge in [0, 0.05) is 0 Å². The molecule has 0 fully saturated rings. The number of hydrogen-bond donors (Lipinski definition) is 2. The minimum absolute atomic E-state index is 0.0960. The van der Waals surface area contributed by atoms with Crippen LogP contribution in [0.3, 0.4) is 0 Å². The Kier molecular flexibility index (Phi) is 6.63. The third-order valence-corrected chi connectivity index (χ3v) is 4.31. The normalized spacial score (nSPS) is 10.4. The maximum absolute atomic E-state index is 12.6. The monoisotopic (exact) mass is 409 g/mol. The van der Waals surface area contributed by atoms with Gasteiger partial charge in [0.1, 0.15) is 18.0 Å². The highest BCUT2D eigenvalue weighted by Gasteiger charge is 2.19. The Hall–Kier alpha value is -3.88. The lowest BCUT2D eigenvalue weighted by Crippen LogP contribution is -2.21. The van der Waals surface area contributed by atoms with Crippen LogP contribution in [-0.2, 0) is 11.3 Å². The summed E-state index contributed by atoms with van der Waals surface area (Å²) < 4.78 is 12.1. The van der Waals surface area contributed by atoms with Gasteiger partial charge in [-0.3, -0.25) is 9.59 Å². The summed E-state index contributed by atoms with van der Waals surface area (Å²) in [7, 11) is 1.52. The van der Waals surface area contributed by atoms with Crippen molar-refractivity contribution in [3.8, 4) is 11.5 Å². The first-order valence-electron chi connectivity index (χ1n) is 9.39. The first kappa shape index (κ1) is 20.8. The number of rotatable bonds is 8. The van der Waals surface area contributed by atoms with Crippen LogP contribution in [0.1, 0.15) is 23.1 Å². The van der Waals surface area contributed by atoms with Crippen molar-refractivity contribution in [2.24, 2.45) is 0 Å². The van der Waals surface area contributed by atoms with Crippen molar-refractivity contribution in [2.75, 3.05) is 24.4 Å². The Balaban J connectivity index is 1.69. The number of methoxy groups -OCH3 is 1. The Morgan fingerprint density at radius 2 is 1.63 bits per heavy atom. The van der Waals surface area contributed by atoms with Gasteiger partial charge in [-0.25, -0.2) is 4.68 Å². The minimum Gasteiger partial charge on any atom is -0.495 e. The lowest BCUT2D eigenvalue weighted by molar-refractivity contribution is -0.117. The number of para-hydroxylation sites is 4. The number of ether oxygens (including phenoxy) is 2. The van der Waals surface area contributed by atoms with E-state index in [1.807, 2.05) is 13.0 Å². The smallest absolute Gasteiger partial charge is 0.278 e. The van der Waals surface area contributed by atoms with Gasteiger partial charge in [0.05, 0.1) is 30.8 Å². The van der Waals surface area contributed by atoms with Gasteiger partial charge in [0.2, 0.25) is 5.91 Å². The van der Waals surface area contributed by atoms with Crippen molar-refractivity contribution in [1.82, 2.24) is 15.0 Å². The summed E-state index contributed by atoms with van der Waals surface area (Å²) >= 11 is 0. The van der Waals surface area contributed by atoms with Crippen LogP contribution in [0.15, 0.2) is 48.5 Å². The molecule has 1 heterocycles. The number of aromatic nitrogens is 3. The van der Waals surface area contributed by atoms with E-state index in [9.17, 15) is 9.59 Å². The molecule has 0 aliphatic rings. The van der Waals surface area contributed by atoms with Crippen LogP contribution < -0.4 is 20.1 Å². The van der Waals surface area contributed by atoms with Crippen molar-refractivity contribution in [3.63, 3.8) is 0 Å². The fourth-order valence-electron chi connectivity index (χ4n) is 2.83. The Morgan fingerprint density at radius 3 is 2.30 bits per heavy atom. The van der Waals surface area contributed by atoms with Crippen LogP contribution in [0, 0.1) is 6.92 Å². The third kappa shape index (κ3) is 4.75. The molecule has 30 heavy (non-hydrogen) atoms. The second-order valence-corrected chi connectivity index (χ2v) is 6.31. The molecule has 0 atom stereocenters. The summed E-state index contributed by atoms with van der Waals surface area (Å²) in [5.74, 6) is 0.362. The zero-order valence-corrected chi connectivity index (χ0v) is 17.0. The molecule has 9 nitrogen and oxygen atoms in total. The predicted octanol–water partition coefficient (Wildman–Crippen LogP) is 2.88. The Bertz CT molecular complexity index is 1050. The molecule has 0 spiro atoms. The maximum Gasteiger partial charge on any atom is 0.278 e. The topological polar surface area (TPSA) is 107 Å². The maximum atomic E-state index is 12.6. The number of amides is 2. The quantitative estimate of drug-likeness (QED) is 0.592. The predicted molar refractivity (Wildman–Crippen MR) is 112 cm³/mol. The van der Waals surface area contributed by atoms with Gasteiger partial charge in [-0.15, -0.1) is 5.10 Å². The van der Waals surface area contributed by atoms with E-state index in [2.05, 4.69) is 20.9 Å². The average Bonchev–Trinajstić information content (AvgIpc) is 3.10. The van der Waals surface area contributed by atoms with Crippen LogP contribution in [0.25, 0.3) is 0 Å². The molecule has 3 rings (SSSR count). The standard InChI is InChI=1S/C21H23N5O4/c1-4-30-18-12-8-6-10-16(18)22-19(27)13-26-14(2)20(24-25-26)21(28)23-15-9-5-7-11-17(15)29-3/h5-12H,4,13H2,1-3H3,(H,22,27)(H,23,28). The number of hydrogen-bond acceptors (Lipinski definition) is 6. The van der Waals surface area contributed by atoms with Crippen molar-refractivity contribution in [2.45, 2.75) is 20.4 Å². The van der Waals surface area contributed by atoms with Crippen LogP contribution in [-0.4, -0.2) is 40.5 Å². The minimum atomic E-state index is -0.439. The van der Waals surface area contributed by atoms with Gasteiger partial charge < -0.3 is 20.1 Å². The molecule has 0 aliphatic carbocycles.